The van der Waals surface area contributed by atoms with Crippen molar-refractivity contribution in [3.63, 3.8) is 0 Å². The molecule has 1 aliphatic rings. The van der Waals surface area contributed by atoms with Gasteiger partial charge in [-0.1, -0.05) is 18.2 Å². The molecule has 1 fully saturated rings. The maximum Gasteiger partial charge on any atom is 0.331 e. The predicted molar refractivity (Wildman–Crippen MR) is 68.5 cm³/mol. The SMILES string of the molecule is CCOC(=O)C1(Nc2ccccc2)C[C@@H](F)[C@@H](F)C1. The summed E-state index contributed by atoms with van der Waals surface area (Å²) in [6.07, 6.45) is -3.69. The Labute approximate surface area is 111 Å². The third kappa shape index (κ3) is 2.85. The van der Waals surface area contributed by atoms with E-state index in [0.29, 0.717) is 5.69 Å². The van der Waals surface area contributed by atoms with Gasteiger partial charge in [-0.05, 0) is 19.1 Å². The quantitative estimate of drug-likeness (QED) is 0.854. The smallest absolute Gasteiger partial charge is 0.331 e. The van der Waals surface area contributed by atoms with Crippen molar-refractivity contribution in [2.24, 2.45) is 0 Å². The summed E-state index contributed by atoms with van der Waals surface area (Å²) >= 11 is 0. The number of halogens is 2. The molecule has 1 saturated carbocycles. The van der Waals surface area contributed by atoms with E-state index in [-0.39, 0.29) is 19.4 Å². The van der Waals surface area contributed by atoms with Crippen LogP contribution >= 0.6 is 0 Å². The van der Waals surface area contributed by atoms with Crippen molar-refractivity contribution in [2.45, 2.75) is 37.6 Å². The number of nitrogens with one attached hydrogen (secondary N) is 1. The highest BCUT2D eigenvalue weighted by Crippen LogP contribution is 2.38. The zero-order chi connectivity index (χ0) is 13.9. The molecular weight excluding hydrogens is 252 g/mol. The van der Waals surface area contributed by atoms with Gasteiger partial charge in [0.15, 0.2) is 0 Å². The average molecular weight is 269 g/mol. The van der Waals surface area contributed by atoms with E-state index in [1.807, 2.05) is 6.07 Å². The second-order valence-electron chi connectivity index (χ2n) is 4.73. The molecule has 0 aromatic heterocycles. The molecule has 0 spiro atoms. The van der Waals surface area contributed by atoms with Gasteiger partial charge < -0.3 is 10.1 Å². The van der Waals surface area contributed by atoms with Crippen molar-refractivity contribution >= 4 is 11.7 Å². The number of rotatable bonds is 4. The van der Waals surface area contributed by atoms with Gasteiger partial charge in [0.25, 0.3) is 0 Å². The highest BCUT2D eigenvalue weighted by molar-refractivity contribution is 5.85. The Kier molecular flexibility index (Phi) is 4.02. The number of alkyl halides is 2. The number of esters is 1. The molecule has 2 rings (SSSR count). The maximum atomic E-state index is 13.5. The van der Waals surface area contributed by atoms with Crippen LogP contribution in [0.25, 0.3) is 0 Å². The molecule has 0 amide bonds. The molecule has 0 saturated heterocycles. The number of carbonyl (C=O) groups excluding carboxylic acids is 1. The van der Waals surface area contributed by atoms with Crippen molar-refractivity contribution < 1.29 is 18.3 Å². The number of benzene rings is 1. The Morgan fingerprint density at radius 2 is 1.89 bits per heavy atom. The summed E-state index contributed by atoms with van der Waals surface area (Å²) in [7, 11) is 0. The van der Waals surface area contributed by atoms with E-state index >= 15 is 0 Å². The van der Waals surface area contributed by atoms with Gasteiger partial charge in [-0.15, -0.1) is 0 Å². The highest BCUT2D eigenvalue weighted by Gasteiger charge is 2.52. The summed E-state index contributed by atoms with van der Waals surface area (Å²) in [4.78, 5) is 12.0. The third-order valence-electron chi connectivity index (χ3n) is 3.30. The molecule has 1 aromatic rings. The minimum Gasteiger partial charge on any atom is -0.464 e. The second-order valence-corrected chi connectivity index (χ2v) is 4.73. The molecule has 1 N–H and O–H groups in total. The molecule has 1 aromatic carbocycles. The van der Waals surface area contributed by atoms with Crippen molar-refractivity contribution in [1.29, 1.82) is 0 Å². The lowest BCUT2D eigenvalue weighted by atomic mass is 9.97. The standard InChI is InChI=1S/C14H17F2NO2/c1-2-19-13(18)14(8-11(15)12(16)9-14)17-10-6-4-3-5-7-10/h3-7,11-12,17H,2,8-9H2,1H3/t11-,12+,14?. The van der Waals surface area contributed by atoms with E-state index in [4.69, 9.17) is 4.74 Å². The van der Waals surface area contributed by atoms with E-state index in [0.717, 1.165) is 0 Å². The minimum absolute atomic E-state index is 0.185. The lowest BCUT2D eigenvalue weighted by Crippen LogP contribution is -2.46. The van der Waals surface area contributed by atoms with E-state index in [9.17, 15) is 13.6 Å². The number of ether oxygens (including phenoxy) is 1. The third-order valence-corrected chi connectivity index (χ3v) is 3.30. The molecule has 3 atom stereocenters. The van der Waals surface area contributed by atoms with Gasteiger partial charge in [-0.3, -0.25) is 0 Å². The second kappa shape index (κ2) is 5.55. The summed E-state index contributed by atoms with van der Waals surface area (Å²) in [6.45, 7) is 1.86. The van der Waals surface area contributed by atoms with Crippen LogP contribution in [0.15, 0.2) is 30.3 Å². The van der Waals surface area contributed by atoms with Crippen LogP contribution < -0.4 is 5.32 Å². The molecule has 19 heavy (non-hydrogen) atoms. The first-order chi connectivity index (χ1) is 9.07. The number of carbonyl (C=O) groups is 1. The van der Waals surface area contributed by atoms with Crippen LogP contribution in [-0.4, -0.2) is 30.5 Å². The number of hydrogen-bond donors (Lipinski definition) is 1. The summed E-state index contributed by atoms with van der Waals surface area (Å²) in [5, 5.41) is 2.95. The number of para-hydroxylation sites is 1. The minimum atomic E-state index is -1.64. The monoisotopic (exact) mass is 269 g/mol. The van der Waals surface area contributed by atoms with Crippen LogP contribution in [0.3, 0.4) is 0 Å². The molecule has 0 radical (unpaired) electrons. The Morgan fingerprint density at radius 1 is 1.32 bits per heavy atom. The van der Waals surface area contributed by atoms with Gasteiger partial charge >= 0.3 is 5.97 Å². The zero-order valence-electron chi connectivity index (χ0n) is 10.7. The fraction of sp³-hybridized carbons (Fsp3) is 0.500. The largest absolute Gasteiger partial charge is 0.464 e. The summed E-state index contributed by atoms with van der Waals surface area (Å²) in [5.41, 5.74) is -0.659. The first-order valence-corrected chi connectivity index (χ1v) is 6.36. The van der Waals surface area contributed by atoms with Gasteiger partial charge in [0.1, 0.15) is 17.9 Å². The van der Waals surface area contributed by atoms with Crippen molar-refractivity contribution in [3.05, 3.63) is 30.3 Å². The molecule has 1 unspecified atom stereocenters. The Bertz CT molecular complexity index is 428. The Balaban J connectivity index is 2.23. The lowest BCUT2D eigenvalue weighted by Gasteiger charge is -2.28. The van der Waals surface area contributed by atoms with Gasteiger partial charge in [0.2, 0.25) is 0 Å². The van der Waals surface area contributed by atoms with Crippen molar-refractivity contribution in [1.82, 2.24) is 0 Å². The van der Waals surface area contributed by atoms with Gasteiger partial charge in [0.05, 0.1) is 6.61 Å². The van der Waals surface area contributed by atoms with Gasteiger partial charge in [-0.2, -0.15) is 0 Å². The molecule has 5 heteroatoms. The molecule has 3 nitrogen and oxygen atoms in total. The lowest BCUT2D eigenvalue weighted by molar-refractivity contribution is -0.148. The molecule has 0 bridgehead atoms. The maximum absolute atomic E-state index is 13.5. The first-order valence-electron chi connectivity index (χ1n) is 6.36. The Hall–Kier alpha value is -1.65. The molecule has 104 valence electrons. The van der Waals surface area contributed by atoms with E-state index in [1.165, 1.54) is 0 Å². The molecule has 0 heterocycles. The van der Waals surface area contributed by atoms with Gasteiger partial charge in [0, 0.05) is 18.5 Å². The van der Waals surface area contributed by atoms with E-state index in [2.05, 4.69) is 5.32 Å². The van der Waals surface area contributed by atoms with Crippen molar-refractivity contribution in [3.8, 4) is 0 Å². The van der Waals surface area contributed by atoms with Crippen LogP contribution in [-0.2, 0) is 9.53 Å². The summed E-state index contributed by atoms with van der Waals surface area (Å²) in [6, 6.07) is 8.90. The highest BCUT2D eigenvalue weighted by atomic mass is 19.2. The van der Waals surface area contributed by atoms with E-state index < -0.39 is 23.9 Å². The van der Waals surface area contributed by atoms with Crippen LogP contribution in [0.1, 0.15) is 19.8 Å². The fourth-order valence-corrected chi connectivity index (χ4v) is 2.39. The topological polar surface area (TPSA) is 38.3 Å². The van der Waals surface area contributed by atoms with Crippen LogP contribution in [0.5, 0.6) is 0 Å². The average Bonchev–Trinajstić information content (AvgIpc) is 2.67. The van der Waals surface area contributed by atoms with Gasteiger partial charge in [-0.25, -0.2) is 13.6 Å². The van der Waals surface area contributed by atoms with Crippen LogP contribution in [0, 0.1) is 0 Å². The van der Waals surface area contributed by atoms with Crippen LogP contribution in [0.4, 0.5) is 14.5 Å². The molecular formula is C14H17F2NO2. The zero-order valence-corrected chi connectivity index (χ0v) is 10.7. The van der Waals surface area contributed by atoms with E-state index in [1.54, 1.807) is 31.2 Å². The summed E-state index contributed by atoms with van der Waals surface area (Å²) < 4.78 is 31.9. The molecule has 0 aliphatic heterocycles. The summed E-state index contributed by atoms with van der Waals surface area (Å²) in [5.74, 6) is -0.596. The fourth-order valence-electron chi connectivity index (χ4n) is 2.39. The first kappa shape index (κ1) is 13.8. The number of hydrogen-bond acceptors (Lipinski definition) is 3. The van der Waals surface area contributed by atoms with Crippen molar-refractivity contribution in [2.75, 3.05) is 11.9 Å². The predicted octanol–water partition coefficient (Wildman–Crippen LogP) is 2.87. The molecule has 1 aliphatic carbocycles. The van der Waals surface area contributed by atoms with Crippen LogP contribution in [0.2, 0.25) is 0 Å². The Morgan fingerprint density at radius 3 is 2.42 bits per heavy atom. The normalized spacial score (nSPS) is 30.1. The number of anilines is 1.